The lowest BCUT2D eigenvalue weighted by atomic mass is 10.0. The number of amides is 1. The Morgan fingerprint density at radius 2 is 2.22 bits per heavy atom. The molecule has 1 aromatic rings. The van der Waals surface area contributed by atoms with E-state index < -0.39 is 5.95 Å². The van der Waals surface area contributed by atoms with Crippen molar-refractivity contribution in [3.8, 4) is 0 Å². The number of halogens is 1. The molecule has 5 heteroatoms. The van der Waals surface area contributed by atoms with E-state index in [9.17, 15) is 9.18 Å². The van der Waals surface area contributed by atoms with Crippen molar-refractivity contribution >= 4 is 5.91 Å². The number of rotatable bonds is 6. The average Bonchev–Trinajstić information content (AvgIpc) is 2.34. The third-order valence-electron chi connectivity index (χ3n) is 2.61. The van der Waals surface area contributed by atoms with E-state index in [1.54, 1.807) is 0 Å². The molecular weight excluding hydrogens is 235 g/mol. The van der Waals surface area contributed by atoms with Crippen LogP contribution in [0.25, 0.3) is 0 Å². The fourth-order valence-corrected chi connectivity index (χ4v) is 1.41. The molecule has 1 N–H and O–H groups in total. The van der Waals surface area contributed by atoms with E-state index in [4.69, 9.17) is 4.74 Å². The summed E-state index contributed by atoms with van der Waals surface area (Å²) < 4.78 is 18.0. The van der Waals surface area contributed by atoms with E-state index in [0.717, 1.165) is 0 Å². The van der Waals surface area contributed by atoms with Crippen LogP contribution < -0.4 is 5.32 Å². The predicted molar refractivity (Wildman–Crippen MR) is 66.8 cm³/mol. The van der Waals surface area contributed by atoms with E-state index in [2.05, 4.69) is 10.3 Å². The van der Waals surface area contributed by atoms with Crippen molar-refractivity contribution < 1.29 is 13.9 Å². The summed E-state index contributed by atoms with van der Waals surface area (Å²) in [5.74, 6) is -0.601. The normalized spacial score (nSPS) is 12.5. The number of hydrogen-bond acceptors (Lipinski definition) is 3. The third-order valence-corrected chi connectivity index (χ3v) is 2.61. The number of ether oxygens (including phenoxy) is 1. The van der Waals surface area contributed by atoms with Gasteiger partial charge in [-0.3, -0.25) is 4.79 Å². The molecule has 0 aliphatic rings. The van der Waals surface area contributed by atoms with Crippen molar-refractivity contribution in [3.05, 3.63) is 29.8 Å². The monoisotopic (exact) mass is 254 g/mol. The van der Waals surface area contributed by atoms with Gasteiger partial charge in [0.05, 0.1) is 18.2 Å². The Bertz CT molecular complexity index is 379. The number of carbonyl (C=O) groups is 1. The molecule has 18 heavy (non-hydrogen) atoms. The second-order valence-electron chi connectivity index (χ2n) is 4.35. The zero-order valence-corrected chi connectivity index (χ0v) is 10.9. The number of carbonyl (C=O) groups excluding carboxylic acids is 1. The maximum Gasteiger partial charge on any atom is 0.253 e. The minimum atomic E-state index is -0.596. The SMILES string of the molecule is CCOCC(NC(=O)c1ccc(F)nc1)C(C)C. The highest BCUT2D eigenvalue weighted by molar-refractivity contribution is 5.94. The second-order valence-corrected chi connectivity index (χ2v) is 4.35. The van der Waals surface area contributed by atoms with Crippen molar-refractivity contribution in [1.82, 2.24) is 10.3 Å². The van der Waals surface area contributed by atoms with Gasteiger partial charge in [0.25, 0.3) is 5.91 Å². The summed E-state index contributed by atoms with van der Waals surface area (Å²) in [6.45, 7) is 6.99. The number of nitrogens with one attached hydrogen (secondary N) is 1. The van der Waals surface area contributed by atoms with Crippen LogP contribution in [0.3, 0.4) is 0 Å². The van der Waals surface area contributed by atoms with E-state index in [1.807, 2.05) is 20.8 Å². The van der Waals surface area contributed by atoms with Crippen LogP contribution in [0.2, 0.25) is 0 Å². The Morgan fingerprint density at radius 1 is 1.50 bits per heavy atom. The van der Waals surface area contributed by atoms with Crippen LogP contribution >= 0.6 is 0 Å². The molecule has 0 fully saturated rings. The second kappa shape index (κ2) is 7.06. The highest BCUT2D eigenvalue weighted by atomic mass is 19.1. The highest BCUT2D eigenvalue weighted by Crippen LogP contribution is 2.05. The number of hydrogen-bond donors (Lipinski definition) is 1. The maximum atomic E-state index is 12.6. The van der Waals surface area contributed by atoms with Gasteiger partial charge < -0.3 is 10.1 Å². The summed E-state index contributed by atoms with van der Waals surface area (Å²) in [7, 11) is 0. The van der Waals surface area contributed by atoms with Crippen LogP contribution in [0.15, 0.2) is 18.3 Å². The number of aromatic nitrogens is 1. The van der Waals surface area contributed by atoms with Gasteiger partial charge >= 0.3 is 0 Å². The van der Waals surface area contributed by atoms with Crippen LogP contribution in [-0.4, -0.2) is 30.1 Å². The van der Waals surface area contributed by atoms with Crippen molar-refractivity contribution in [3.63, 3.8) is 0 Å². The number of pyridine rings is 1. The lowest BCUT2D eigenvalue weighted by molar-refractivity contribution is 0.0806. The van der Waals surface area contributed by atoms with Crippen molar-refractivity contribution in [2.45, 2.75) is 26.8 Å². The molecule has 1 heterocycles. The Kier molecular flexibility index (Phi) is 5.71. The molecule has 1 unspecified atom stereocenters. The Hall–Kier alpha value is -1.49. The van der Waals surface area contributed by atoms with Gasteiger partial charge in [0.15, 0.2) is 0 Å². The molecule has 0 bridgehead atoms. The van der Waals surface area contributed by atoms with Crippen LogP contribution in [-0.2, 0) is 4.74 Å². The fraction of sp³-hybridized carbons (Fsp3) is 0.538. The summed E-state index contributed by atoms with van der Waals surface area (Å²) in [6.07, 6.45) is 1.22. The molecule has 0 aliphatic heterocycles. The van der Waals surface area contributed by atoms with Gasteiger partial charge in [0.1, 0.15) is 0 Å². The van der Waals surface area contributed by atoms with Gasteiger partial charge in [-0.2, -0.15) is 4.39 Å². The largest absolute Gasteiger partial charge is 0.380 e. The lowest BCUT2D eigenvalue weighted by Gasteiger charge is -2.22. The summed E-state index contributed by atoms with van der Waals surface area (Å²) in [6, 6.07) is 2.51. The van der Waals surface area contributed by atoms with Gasteiger partial charge in [-0.15, -0.1) is 0 Å². The first-order valence-electron chi connectivity index (χ1n) is 6.04. The zero-order chi connectivity index (χ0) is 13.5. The smallest absolute Gasteiger partial charge is 0.253 e. The Morgan fingerprint density at radius 3 is 2.72 bits per heavy atom. The molecule has 1 atom stereocenters. The zero-order valence-electron chi connectivity index (χ0n) is 10.9. The van der Waals surface area contributed by atoms with E-state index in [-0.39, 0.29) is 17.9 Å². The Balaban J connectivity index is 2.63. The van der Waals surface area contributed by atoms with Crippen LogP contribution in [0.4, 0.5) is 4.39 Å². The molecule has 0 aliphatic carbocycles. The van der Waals surface area contributed by atoms with Gasteiger partial charge in [-0.1, -0.05) is 13.8 Å². The summed E-state index contributed by atoms with van der Waals surface area (Å²) in [5.41, 5.74) is 0.346. The molecule has 0 aromatic carbocycles. The number of nitrogens with zero attached hydrogens (tertiary/aromatic N) is 1. The molecule has 100 valence electrons. The third kappa shape index (κ3) is 4.41. The first kappa shape index (κ1) is 14.6. The average molecular weight is 254 g/mol. The molecule has 0 saturated heterocycles. The van der Waals surface area contributed by atoms with E-state index >= 15 is 0 Å². The minimum absolute atomic E-state index is 0.0671. The van der Waals surface area contributed by atoms with Crippen LogP contribution in [0.5, 0.6) is 0 Å². The highest BCUT2D eigenvalue weighted by Gasteiger charge is 2.17. The standard InChI is InChI=1S/C13H19FN2O2/c1-4-18-8-11(9(2)3)16-13(17)10-5-6-12(14)15-7-10/h5-7,9,11H,4,8H2,1-3H3,(H,16,17). The lowest BCUT2D eigenvalue weighted by Crippen LogP contribution is -2.41. The molecule has 1 amide bonds. The molecule has 0 radical (unpaired) electrons. The fourth-order valence-electron chi connectivity index (χ4n) is 1.41. The van der Waals surface area contributed by atoms with Crippen LogP contribution in [0.1, 0.15) is 31.1 Å². The summed E-state index contributed by atoms with van der Waals surface area (Å²) in [5, 5.41) is 2.86. The maximum absolute atomic E-state index is 12.6. The molecular formula is C13H19FN2O2. The summed E-state index contributed by atoms with van der Waals surface area (Å²) in [4.78, 5) is 15.4. The van der Waals surface area contributed by atoms with Crippen molar-refractivity contribution in [2.24, 2.45) is 5.92 Å². The molecule has 0 saturated carbocycles. The quantitative estimate of drug-likeness (QED) is 0.790. The van der Waals surface area contributed by atoms with Gasteiger partial charge in [0, 0.05) is 12.8 Å². The minimum Gasteiger partial charge on any atom is -0.380 e. The molecule has 1 aromatic heterocycles. The molecule has 0 spiro atoms. The van der Waals surface area contributed by atoms with E-state index in [1.165, 1.54) is 18.3 Å². The molecule has 1 rings (SSSR count). The first-order chi connectivity index (χ1) is 8.54. The first-order valence-corrected chi connectivity index (χ1v) is 6.04. The Labute approximate surface area is 107 Å². The van der Waals surface area contributed by atoms with Crippen molar-refractivity contribution in [2.75, 3.05) is 13.2 Å². The topological polar surface area (TPSA) is 51.2 Å². The summed E-state index contributed by atoms with van der Waals surface area (Å²) >= 11 is 0. The van der Waals surface area contributed by atoms with Crippen molar-refractivity contribution in [1.29, 1.82) is 0 Å². The van der Waals surface area contributed by atoms with E-state index in [0.29, 0.717) is 18.8 Å². The van der Waals surface area contributed by atoms with Gasteiger partial charge in [-0.05, 0) is 25.0 Å². The van der Waals surface area contributed by atoms with Gasteiger partial charge in [-0.25, -0.2) is 4.98 Å². The predicted octanol–water partition coefficient (Wildman–Crippen LogP) is 2.01. The molecule has 4 nitrogen and oxygen atoms in total. The van der Waals surface area contributed by atoms with Crippen LogP contribution in [0, 0.1) is 11.9 Å². The van der Waals surface area contributed by atoms with Gasteiger partial charge in [0.2, 0.25) is 5.95 Å².